The van der Waals surface area contributed by atoms with Gasteiger partial charge in [-0.3, -0.25) is 4.79 Å². The van der Waals surface area contributed by atoms with Crippen molar-refractivity contribution in [2.24, 2.45) is 0 Å². The summed E-state index contributed by atoms with van der Waals surface area (Å²) in [6.07, 6.45) is 3.56. The Labute approximate surface area is 173 Å². The highest BCUT2D eigenvalue weighted by atomic mass is 35.5. The quantitative estimate of drug-likeness (QED) is 0.524. The fourth-order valence-corrected chi connectivity index (χ4v) is 4.14. The number of carbonyl (C=O) groups excluding carboxylic acids is 1. The van der Waals surface area contributed by atoms with E-state index in [2.05, 4.69) is 9.97 Å². The zero-order valence-corrected chi connectivity index (χ0v) is 16.5. The van der Waals surface area contributed by atoms with Gasteiger partial charge in [-0.1, -0.05) is 41.9 Å². The lowest BCUT2D eigenvalue weighted by Gasteiger charge is -2.33. The molecule has 0 bridgehead atoms. The highest BCUT2D eigenvalue weighted by Crippen LogP contribution is 2.36. The molecule has 2 aromatic heterocycles. The number of aromatic amines is 1. The lowest BCUT2D eigenvalue weighted by Crippen LogP contribution is -2.40. The maximum Gasteiger partial charge on any atom is 0.223 e. The Morgan fingerprint density at radius 1 is 1.21 bits per heavy atom. The fraction of sp³-hybridized carbons (Fsp3) is 0.217. The van der Waals surface area contributed by atoms with Crippen LogP contribution in [0.5, 0.6) is 0 Å². The molecule has 0 unspecified atom stereocenters. The zero-order chi connectivity index (χ0) is 19.8. The Hall–Kier alpha value is -3.05. The standard InChI is InChI=1S/C23H20ClN3O2/c24-17-8-5-15(6-9-17)7-10-21(28)27-12-11-18-22(26-14-25-18)23(27)20-13-16-3-1-2-4-19(16)29-20/h1-6,8-9,13-14,23H,7,10-12H2,(H,25,26)/t23-/m1/s1. The molecule has 1 aliphatic heterocycles. The molecule has 6 heteroatoms. The normalized spacial score (nSPS) is 16.2. The summed E-state index contributed by atoms with van der Waals surface area (Å²) < 4.78 is 6.13. The van der Waals surface area contributed by atoms with Crippen LogP contribution in [0.15, 0.2) is 65.3 Å². The van der Waals surface area contributed by atoms with Crippen LogP contribution in [-0.4, -0.2) is 27.3 Å². The maximum absolute atomic E-state index is 13.2. The van der Waals surface area contributed by atoms with E-state index in [1.807, 2.05) is 59.5 Å². The molecular weight excluding hydrogens is 386 g/mol. The van der Waals surface area contributed by atoms with Crippen molar-refractivity contribution in [1.82, 2.24) is 14.9 Å². The average Bonchev–Trinajstić information content (AvgIpc) is 3.39. The summed E-state index contributed by atoms with van der Waals surface area (Å²) in [5, 5.41) is 1.73. The van der Waals surface area contributed by atoms with Gasteiger partial charge in [0.15, 0.2) is 0 Å². The topological polar surface area (TPSA) is 62.1 Å². The first-order valence-corrected chi connectivity index (χ1v) is 10.1. The molecule has 5 nitrogen and oxygen atoms in total. The van der Waals surface area contributed by atoms with E-state index in [0.29, 0.717) is 24.4 Å². The summed E-state index contributed by atoms with van der Waals surface area (Å²) in [6.45, 7) is 0.635. The molecule has 0 radical (unpaired) electrons. The van der Waals surface area contributed by atoms with Crippen LogP contribution in [0.25, 0.3) is 11.0 Å². The molecule has 1 atom stereocenters. The van der Waals surface area contributed by atoms with Gasteiger partial charge in [-0.05, 0) is 36.2 Å². The van der Waals surface area contributed by atoms with Crippen LogP contribution >= 0.6 is 11.6 Å². The predicted molar refractivity (Wildman–Crippen MR) is 112 cm³/mol. The first kappa shape index (κ1) is 18.0. The molecule has 0 saturated heterocycles. The minimum Gasteiger partial charge on any atom is -0.458 e. The monoisotopic (exact) mass is 405 g/mol. The van der Waals surface area contributed by atoms with E-state index in [4.69, 9.17) is 16.0 Å². The molecule has 2 aromatic carbocycles. The van der Waals surface area contributed by atoms with Crippen LogP contribution < -0.4 is 0 Å². The Balaban J connectivity index is 1.44. The Morgan fingerprint density at radius 3 is 2.86 bits per heavy atom. The molecule has 0 fully saturated rings. The number of aryl methyl sites for hydroxylation is 1. The first-order valence-electron chi connectivity index (χ1n) is 9.73. The number of benzene rings is 2. The third-order valence-corrected chi connectivity index (χ3v) is 5.75. The molecule has 29 heavy (non-hydrogen) atoms. The number of imidazole rings is 1. The molecule has 5 rings (SSSR count). The Bertz CT molecular complexity index is 1130. The molecule has 0 aliphatic carbocycles. The number of furan rings is 1. The summed E-state index contributed by atoms with van der Waals surface area (Å²) in [4.78, 5) is 22.8. The highest BCUT2D eigenvalue weighted by molar-refractivity contribution is 6.30. The number of H-pyrrole nitrogens is 1. The van der Waals surface area contributed by atoms with Crippen LogP contribution in [0.1, 0.15) is 35.2 Å². The van der Waals surface area contributed by atoms with Gasteiger partial charge in [-0.15, -0.1) is 0 Å². The predicted octanol–water partition coefficient (Wildman–Crippen LogP) is 4.92. The van der Waals surface area contributed by atoms with E-state index in [1.165, 1.54) is 0 Å². The van der Waals surface area contributed by atoms with Crippen molar-refractivity contribution in [3.63, 3.8) is 0 Å². The number of amides is 1. The summed E-state index contributed by atoms with van der Waals surface area (Å²) in [5.41, 5.74) is 3.85. The fourth-order valence-electron chi connectivity index (χ4n) is 4.02. The number of fused-ring (bicyclic) bond motifs is 2. The number of carbonyl (C=O) groups is 1. The van der Waals surface area contributed by atoms with Gasteiger partial charge in [0.1, 0.15) is 17.4 Å². The summed E-state index contributed by atoms with van der Waals surface area (Å²) in [7, 11) is 0. The second kappa shape index (κ2) is 7.41. The zero-order valence-electron chi connectivity index (χ0n) is 15.8. The van der Waals surface area contributed by atoms with Crippen LogP contribution in [-0.2, 0) is 17.6 Å². The van der Waals surface area contributed by atoms with Crippen molar-refractivity contribution < 1.29 is 9.21 Å². The molecule has 3 heterocycles. The van der Waals surface area contributed by atoms with Crippen LogP contribution in [0, 0.1) is 0 Å². The second-order valence-corrected chi connectivity index (χ2v) is 7.76. The number of halogens is 1. The van der Waals surface area contributed by atoms with Gasteiger partial charge in [-0.25, -0.2) is 4.98 Å². The van der Waals surface area contributed by atoms with Gasteiger partial charge in [0, 0.05) is 35.5 Å². The van der Waals surface area contributed by atoms with E-state index in [-0.39, 0.29) is 11.9 Å². The van der Waals surface area contributed by atoms with Crippen molar-refractivity contribution in [3.05, 3.63) is 88.7 Å². The summed E-state index contributed by atoms with van der Waals surface area (Å²) in [5.74, 6) is 0.846. The molecule has 0 spiro atoms. The van der Waals surface area contributed by atoms with E-state index in [0.717, 1.165) is 40.1 Å². The number of rotatable bonds is 4. The summed E-state index contributed by atoms with van der Waals surface area (Å²) in [6, 6.07) is 17.2. The van der Waals surface area contributed by atoms with Crippen molar-refractivity contribution in [1.29, 1.82) is 0 Å². The average molecular weight is 406 g/mol. The van der Waals surface area contributed by atoms with E-state index >= 15 is 0 Å². The van der Waals surface area contributed by atoms with Gasteiger partial charge >= 0.3 is 0 Å². The first-order chi connectivity index (χ1) is 14.2. The SMILES string of the molecule is O=C(CCc1ccc(Cl)cc1)N1CCc2[nH]cnc2[C@H]1c1cc2ccccc2o1. The third-order valence-electron chi connectivity index (χ3n) is 5.50. The third kappa shape index (κ3) is 3.42. The molecule has 4 aromatic rings. The summed E-state index contributed by atoms with van der Waals surface area (Å²) >= 11 is 5.96. The Morgan fingerprint density at radius 2 is 2.03 bits per heavy atom. The minimum absolute atomic E-state index is 0.0963. The van der Waals surface area contributed by atoms with E-state index in [1.54, 1.807) is 6.33 Å². The Kier molecular flexibility index (Phi) is 4.60. The number of hydrogen-bond acceptors (Lipinski definition) is 3. The largest absolute Gasteiger partial charge is 0.458 e. The molecule has 1 amide bonds. The van der Waals surface area contributed by atoms with Crippen LogP contribution in [0.4, 0.5) is 0 Å². The number of hydrogen-bond donors (Lipinski definition) is 1. The van der Waals surface area contributed by atoms with Crippen LogP contribution in [0.3, 0.4) is 0 Å². The van der Waals surface area contributed by atoms with E-state index in [9.17, 15) is 4.79 Å². The van der Waals surface area contributed by atoms with Gasteiger partial charge in [-0.2, -0.15) is 0 Å². The molecule has 146 valence electrons. The molecular formula is C23H20ClN3O2. The lowest BCUT2D eigenvalue weighted by molar-refractivity contribution is -0.133. The minimum atomic E-state index is -0.310. The van der Waals surface area contributed by atoms with Crippen molar-refractivity contribution >= 4 is 28.5 Å². The van der Waals surface area contributed by atoms with Gasteiger partial charge in [0.25, 0.3) is 0 Å². The molecule has 0 saturated carbocycles. The van der Waals surface area contributed by atoms with Crippen LogP contribution in [0.2, 0.25) is 5.02 Å². The smallest absolute Gasteiger partial charge is 0.223 e. The van der Waals surface area contributed by atoms with Gasteiger partial charge < -0.3 is 14.3 Å². The van der Waals surface area contributed by atoms with Gasteiger partial charge in [0.2, 0.25) is 5.91 Å². The number of para-hydroxylation sites is 1. The maximum atomic E-state index is 13.2. The molecule has 1 N–H and O–H groups in total. The highest BCUT2D eigenvalue weighted by Gasteiger charge is 2.36. The van der Waals surface area contributed by atoms with E-state index < -0.39 is 0 Å². The lowest BCUT2D eigenvalue weighted by atomic mass is 9.99. The van der Waals surface area contributed by atoms with Gasteiger partial charge in [0.05, 0.1) is 12.0 Å². The van der Waals surface area contributed by atoms with Crippen molar-refractivity contribution in [2.45, 2.75) is 25.3 Å². The number of nitrogens with one attached hydrogen (secondary N) is 1. The van der Waals surface area contributed by atoms with Crippen molar-refractivity contribution in [3.8, 4) is 0 Å². The number of aromatic nitrogens is 2. The van der Waals surface area contributed by atoms with Crippen molar-refractivity contribution in [2.75, 3.05) is 6.54 Å². The second-order valence-electron chi connectivity index (χ2n) is 7.32. The number of nitrogens with zero attached hydrogens (tertiary/aromatic N) is 2. The molecule has 1 aliphatic rings.